The fraction of sp³-hybridized carbons (Fsp3) is 0.333. The van der Waals surface area contributed by atoms with Crippen LogP contribution in [0.1, 0.15) is 11.1 Å². The maximum absolute atomic E-state index is 12.7. The molecule has 3 amide bonds. The minimum Gasteiger partial charge on any atom is -0.508 e. The lowest BCUT2D eigenvalue weighted by molar-refractivity contribution is -0.142. The number of carboxylic acid groups (broad SMARTS) is 1. The van der Waals surface area contributed by atoms with Gasteiger partial charge in [0.25, 0.3) is 0 Å². The van der Waals surface area contributed by atoms with Crippen molar-refractivity contribution in [2.24, 2.45) is 5.73 Å². The highest BCUT2D eigenvalue weighted by atomic mass is 32.1. The quantitative estimate of drug-likeness (QED) is 0.154. The van der Waals surface area contributed by atoms with E-state index in [1.807, 2.05) is 0 Å². The molecule has 0 saturated heterocycles. The number of rotatable bonds is 13. The maximum Gasteiger partial charge on any atom is 0.326 e. The number of hydrogen-bond donors (Lipinski definition) is 8. The summed E-state index contributed by atoms with van der Waals surface area (Å²) in [5, 5.41) is 35.5. The summed E-state index contributed by atoms with van der Waals surface area (Å²) >= 11 is 4.06. The summed E-state index contributed by atoms with van der Waals surface area (Å²) in [7, 11) is 0. The molecule has 2 rings (SSSR count). The van der Waals surface area contributed by atoms with Crippen molar-refractivity contribution in [2.45, 2.75) is 37.0 Å². The van der Waals surface area contributed by atoms with Gasteiger partial charge < -0.3 is 37.0 Å². The average molecular weight is 519 g/mol. The number of nitrogens with two attached hydrogens (primary N) is 1. The summed E-state index contributed by atoms with van der Waals surface area (Å²) in [6.07, 6.45) is 0.148. The largest absolute Gasteiger partial charge is 0.508 e. The number of carboxylic acids is 1. The molecule has 0 spiro atoms. The molecule has 0 bridgehead atoms. The first-order valence-corrected chi connectivity index (χ1v) is 11.7. The van der Waals surface area contributed by atoms with Gasteiger partial charge in [-0.25, -0.2) is 4.79 Å². The monoisotopic (exact) mass is 518 g/mol. The highest BCUT2D eigenvalue weighted by molar-refractivity contribution is 7.80. The lowest BCUT2D eigenvalue weighted by Crippen LogP contribution is -2.58. The Morgan fingerprint density at radius 1 is 0.778 bits per heavy atom. The zero-order valence-corrected chi connectivity index (χ0v) is 20.2. The van der Waals surface area contributed by atoms with E-state index in [0.29, 0.717) is 11.1 Å². The number of hydrogen-bond acceptors (Lipinski definition) is 8. The van der Waals surface area contributed by atoms with Gasteiger partial charge >= 0.3 is 5.97 Å². The first-order chi connectivity index (χ1) is 17.1. The smallest absolute Gasteiger partial charge is 0.326 e. The van der Waals surface area contributed by atoms with Crippen molar-refractivity contribution in [2.75, 3.05) is 12.4 Å². The molecule has 0 heterocycles. The Labute approximate surface area is 213 Å². The number of carbonyl (C=O) groups excluding carboxylic acids is 3. The summed E-state index contributed by atoms with van der Waals surface area (Å²) in [4.78, 5) is 49.4. The van der Waals surface area contributed by atoms with Crippen LogP contribution < -0.4 is 21.7 Å². The SMILES string of the molecule is NC(Cc1ccc(O)cc1)C(=O)NC(CO)C(=O)NC(CS)C(=O)NC(Cc1ccccc1)C(=O)O. The second-order valence-corrected chi connectivity index (χ2v) is 8.42. The van der Waals surface area contributed by atoms with Crippen molar-refractivity contribution in [3.05, 3.63) is 65.7 Å². The van der Waals surface area contributed by atoms with Gasteiger partial charge in [0, 0.05) is 12.2 Å². The molecule has 0 saturated carbocycles. The maximum atomic E-state index is 12.7. The number of nitrogens with one attached hydrogen (secondary N) is 3. The van der Waals surface area contributed by atoms with Crippen LogP contribution in [0, 0.1) is 0 Å². The molecule has 11 nitrogen and oxygen atoms in total. The summed E-state index contributed by atoms with van der Waals surface area (Å²) in [5.41, 5.74) is 7.27. The highest BCUT2D eigenvalue weighted by Crippen LogP contribution is 2.11. The van der Waals surface area contributed by atoms with Crippen LogP contribution in [0.3, 0.4) is 0 Å². The van der Waals surface area contributed by atoms with E-state index in [2.05, 4.69) is 28.6 Å². The third-order valence-corrected chi connectivity index (χ3v) is 5.62. The molecule has 0 aliphatic rings. The number of aliphatic hydroxyl groups excluding tert-OH is 1. The molecule has 12 heteroatoms. The number of phenols is 1. The Morgan fingerprint density at radius 2 is 1.31 bits per heavy atom. The molecule has 2 aromatic rings. The molecule has 4 unspecified atom stereocenters. The Balaban J connectivity index is 1.95. The fourth-order valence-corrected chi connectivity index (χ4v) is 3.50. The second kappa shape index (κ2) is 14.1. The molecule has 0 radical (unpaired) electrons. The van der Waals surface area contributed by atoms with E-state index < -0.39 is 54.5 Å². The van der Waals surface area contributed by atoms with Gasteiger partial charge in [-0.2, -0.15) is 12.6 Å². The summed E-state index contributed by atoms with van der Waals surface area (Å²) in [6.45, 7) is -0.768. The van der Waals surface area contributed by atoms with Gasteiger partial charge in [-0.15, -0.1) is 0 Å². The van der Waals surface area contributed by atoms with Gasteiger partial charge in [0.05, 0.1) is 12.6 Å². The van der Waals surface area contributed by atoms with Crippen LogP contribution in [0.25, 0.3) is 0 Å². The fourth-order valence-electron chi connectivity index (χ4n) is 3.24. The molecular formula is C24H30N4O7S. The van der Waals surface area contributed by atoms with Crippen LogP contribution in [-0.2, 0) is 32.0 Å². The van der Waals surface area contributed by atoms with E-state index in [0.717, 1.165) is 0 Å². The standard InChI is InChI=1S/C24H30N4O7S/c25-17(10-15-6-8-16(30)9-7-15)21(31)27-19(12-29)22(32)28-20(13-36)23(33)26-18(24(34)35)11-14-4-2-1-3-5-14/h1-9,17-20,29-30,36H,10-13,25H2,(H,26,33)(H,27,31)(H,28,32)(H,34,35). The van der Waals surface area contributed by atoms with Crippen LogP contribution in [0.15, 0.2) is 54.6 Å². The lowest BCUT2D eigenvalue weighted by Gasteiger charge is -2.23. The Hall–Kier alpha value is -3.61. The van der Waals surface area contributed by atoms with E-state index in [-0.39, 0.29) is 24.3 Å². The van der Waals surface area contributed by atoms with E-state index in [4.69, 9.17) is 5.73 Å². The number of thiol groups is 1. The van der Waals surface area contributed by atoms with E-state index >= 15 is 0 Å². The van der Waals surface area contributed by atoms with Crippen LogP contribution >= 0.6 is 12.6 Å². The summed E-state index contributed by atoms with van der Waals surface area (Å²) < 4.78 is 0. The Kier molecular flexibility index (Phi) is 11.2. The van der Waals surface area contributed by atoms with Crippen LogP contribution in [-0.4, -0.2) is 75.5 Å². The lowest BCUT2D eigenvalue weighted by atomic mass is 10.1. The number of phenolic OH excluding ortho intramolecular Hbond substituents is 1. The average Bonchev–Trinajstić information content (AvgIpc) is 2.86. The predicted octanol–water partition coefficient (Wildman–Crippen LogP) is -1.03. The number of amides is 3. The topological polar surface area (TPSA) is 191 Å². The van der Waals surface area contributed by atoms with E-state index in [1.54, 1.807) is 42.5 Å². The van der Waals surface area contributed by atoms with Gasteiger partial charge in [-0.3, -0.25) is 14.4 Å². The molecule has 194 valence electrons. The molecule has 2 aromatic carbocycles. The number of aromatic hydroxyl groups is 1. The van der Waals surface area contributed by atoms with Crippen molar-refractivity contribution in [1.29, 1.82) is 0 Å². The van der Waals surface area contributed by atoms with Crippen molar-refractivity contribution in [3.63, 3.8) is 0 Å². The number of carbonyl (C=O) groups is 4. The molecule has 0 aromatic heterocycles. The van der Waals surface area contributed by atoms with Gasteiger partial charge in [0.2, 0.25) is 17.7 Å². The van der Waals surface area contributed by atoms with Crippen molar-refractivity contribution in [1.82, 2.24) is 16.0 Å². The number of aliphatic hydroxyl groups is 1. The van der Waals surface area contributed by atoms with Crippen LogP contribution in [0.4, 0.5) is 0 Å². The first kappa shape index (κ1) is 28.6. The highest BCUT2D eigenvalue weighted by Gasteiger charge is 2.29. The van der Waals surface area contributed by atoms with E-state index in [1.165, 1.54) is 12.1 Å². The molecule has 36 heavy (non-hydrogen) atoms. The van der Waals surface area contributed by atoms with Crippen molar-refractivity contribution < 1.29 is 34.5 Å². The second-order valence-electron chi connectivity index (χ2n) is 8.05. The molecule has 0 aliphatic carbocycles. The molecule has 0 aliphatic heterocycles. The zero-order valence-electron chi connectivity index (χ0n) is 19.3. The normalized spacial score (nSPS) is 14.1. The summed E-state index contributed by atoms with van der Waals surface area (Å²) in [6, 6.07) is 9.87. The molecule has 0 fully saturated rings. The van der Waals surface area contributed by atoms with Gasteiger partial charge in [-0.1, -0.05) is 42.5 Å². The molecular weight excluding hydrogens is 488 g/mol. The van der Waals surface area contributed by atoms with Gasteiger partial charge in [0.1, 0.15) is 23.9 Å². The molecule has 4 atom stereocenters. The third kappa shape index (κ3) is 8.87. The third-order valence-electron chi connectivity index (χ3n) is 5.26. The summed E-state index contributed by atoms with van der Waals surface area (Å²) in [5.74, 6) is -3.72. The minimum absolute atomic E-state index is 0.0311. The Morgan fingerprint density at radius 3 is 1.86 bits per heavy atom. The van der Waals surface area contributed by atoms with Crippen LogP contribution in [0.5, 0.6) is 5.75 Å². The van der Waals surface area contributed by atoms with Crippen molar-refractivity contribution >= 4 is 36.3 Å². The van der Waals surface area contributed by atoms with E-state index in [9.17, 15) is 34.5 Å². The zero-order chi connectivity index (χ0) is 26.7. The van der Waals surface area contributed by atoms with Gasteiger partial charge in [0.15, 0.2) is 0 Å². The Bertz CT molecular complexity index is 1040. The van der Waals surface area contributed by atoms with Crippen LogP contribution in [0.2, 0.25) is 0 Å². The van der Waals surface area contributed by atoms with Crippen molar-refractivity contribution in [3.8, 4) is 5.75 Å². The van der Waals surface area contributed by atoms with Gasteiger partial charge in [-0.05, 0) is 29.7 Å². The number of benzene rings is 2. The predicted molar refractivity (Wildman–Crippen MR) is 134 cm³/mol. The number of aliphatic carboxylic acids is 1. The minimum atomic E-state index is -1.40. The first-order valence-electron chi connectivity index (χ1n) is 11.1. The molecule has 8 N–H and O–H groups in total.